The van der Waals surface area contributed by atoms with Gasteiger partial charge in [0.05, 0.1) is 18.3 Å². The van der Waals surface area contributed by atoms with Gasteiger partial charge in [-0.3, -0.25) is 24.1 Å². The van der Waals surface area contributed by atoms with Crippen molar-refractivity contribution < 1.29 is 32.7 Å². The summed E-state index contributed by atoms with van der Waals surface area (Å²) in [4.78, 5) is 40.9. The molecule has 2 N–H and O–H groups in total. The normalized spacial score (nSPS) is 13.2. The zero-order valence-corrected chi connectivity index (χ0v) is 22.7. The summed E-state index contributed by atoms with van der Waals surface area (Å²) >= 11 is 0. The highest BCUT2D eigenvalue weighted by molar-refractivity contribution is 5.99. The van der Waals surface area contributed by atoms with E-state index in [0.717, 1.165) is 11.6 Å². The fourth-order valence-electron chi connectivity index (χ4n) is 4.37. The summed E-state index contributed by atoms with van der Waals surface area (Å²) in [6.07, 6.45) is 1.72. The van der Waals surface area contributed by atoms with Crippen molar-refractivity contribution in [2.45, 2.75) is 53.3 Å². The molecule has 1 aliphatic heterocycles. The van der Waals surface area contributed by atoms with Crippen LogP contribution < -0.4 is 15.8 Å². The first-order valence-corrected chi connectivity index (χ1v) is 12.8. The number of rotatable bonds is 10. The molecule has 2 amide bonds. The number of aromatic hydroxyl groups is 1. The van der Waals surface area contributed by atoms with Crippen LogP contribution in [0.15, 0.2) is 33.7 Å². The minimum atomic E-state index is -1.06. The number of amides is 2. The van der Waals surface area contributed by atoms with Crippen LogP contribution in [0.5, 0.6) is 5.75 Å². The minimum Gasteiger partial charge on any atom is -0.502 e. The molecule has 1 aliphatic rings. The third kappa shape index (κ3) is 5.98. The van der Waals surface area contributed by atoms with Gasteiger partial charge in [0.15, 0.2) is 11.4 Å². The minimum absolute atomic E-state index is 0.00401. The molecule has 0 saturated carbocycles. The lowest BCUT2D eigenvalue weighted by molar-refractivity contribution is 0.0566. The number of fused-ring (bicyclic) bond motifs is 1. The van der Waals surface area contributed by atoms with Crippen molar-refractivity contribution in [1.29, 1.82) is 0 Å². The maximum Gasteiger partial charge on any atom is 0.277 e. The molecule has 0 spiro atoms. The zero-order valence-electron chi connectivity index (χ0n) is 22.7. The van der Waals surface area contributed by atoms with E-state index in [4.69, 9.17) is 9.26 Å². The van der Waals surface area contributed by atoms with Gasteiger partial charge in [0.25, 0.3) is 11.8 Å². The molecule has 0 radical (unpaired) electrons. The summed E-state index contributed by atoms with van der Waals surface area (Å²) in [5.74, 6) is -3.46. The SMILES string of the molecule is Cc1noc(C)c1CN1CN(CCCOC(C)C)C(=O)c2c(O)c(=O)c(C(=O)NCc3ccc(F)cc3F)cn21. The van der Waals surface area contributed by atoms with E-state index in [-0.39, 0.29) is 37.1 Å². The van der Waals surface area contributed by atoms with E-state index >= 15 is 0 Å². The average molecular weight is 560 g/mol. The molecule has 0 unspecified atom stereocenters. The van der Waals surface area contributed by atoms with Crippen molar-refractivity contribution in [2.75, 3.05) is 24.8 Å². The molecule has 2 aromatic heterocycles. The number of carbonyl (C=O) groups excluding carboxylic acids is 2. The number of pyridine rings is 1. The van der Waals surface area contributed by atoms with Crippen molar-refractivity contribution >= 4 is 11.8 Å². The first kappa shape index (κ1) is 28.7. The highest BCUT2D eigenvalue weighted by Crippen LogP contribution is 2.24. The molecular weight excluding hydrogens is 528 g/mol. The predicted molar refractivity (Wildman–Crippen MR) is 139 cm³/mol. The fraction of sp³-hybridized carbons (Fsp3) is 0.407. The van der Waals surface area contributed by atoms with Crippen molar-refractivity contribution in [3.05, 3.63) is 80.1 Å². The first-order valence-electron chi connectivity index (χ1n) is 12.8. The van der Waals surface area contributed by atoms with Gasteiger partial charge in [-0.25, -0.2) is 8.78 Å². The number of benzene rings is 1. The topological polar surface area (TPSA) is 130 Å². The second kappa shape index (κ2) is 11.9. The van der Waals surface area contributed by atoms with E-state index in [0.29, 0.717) is 37.1 Å². The molecule has 0 saturated heterocycles. The van der Waals surface area contributed by atoms with Crippen LogP contribution in [0, 0.1) is 25.5 Å². The predicted octanol–water partition coefficient (Wildman–Crippen LogP) is 2.73. The molecule has 0 bridgehead atoms. The molecule has 11 nitrogen and oxygen atoms in total. The van der Waals surface area contributed by atoms with E-state index in [1.54, 1.807) is 18.9 Å². The number of aromatic nitrogens is 2. The number of ether oxygens (including phenoxy) is 1. The van der Waals surface area contributed by atoms with Crippen molar-refractivity contribution in [3.63, 3.8) is 0 Å². The van der Waals surface area contributed by atoms with Crippen molar-refractivity contribution in [2.24, 2.45) is 0 Å². The summed E-state index contributed by atoms with van der Waals surface area (Å²) in [5, 5.41) is 18.9. The highest BCUT2D eigenvalue weighted by atomic mass is 19.1. The Kier molecular flexibility index (Phi) is 8.52. The number of carbonyl (C=O) groups is 2. The maximum absolute atomic E-state index is 14.0. The molecular formula is C27H31F2N5O6. The fourth-order valence-corrected chi connectivity index (χ4v) is 4.37. The van der Waals surface area contributed by atoms with Crippen LogP contribution in [0.2, 0.25) is 0 Å². The van der Waals surface area contributed by atoms with E-state index in [9.17, 15) is 28.3 Å². The summed E-state index contributed by atoms with van der Waals surface area (Å²) < 4.78 is 39.4. The van der Waals surface area contributed by atoms with Crippen LogP contribution in [0.4, 0.5) is 8.78 Å². The molecule has 3 aromatic rings. The Balaban J connectivity index is 1.67. The van der Waals surface area contributed by atoms with Crippen molar-refractivity contribution in [1.82, 2.24) is 20.0 Å². The van der Waals surface area contributed by atoms with Crippen LogP contribution in [0.3, 0.4) is 0 Å². The maximum atomic E-state index is 14.0. The van der Waals surface area contributed by atoms with Gasteiger partial charge >= 0.3 is 0 Å². The number of nitrogens with one attached hydrogen (secondary N) is 1. The van der Waals surface area contributed by atoms with Crippen molar-refractivity contribution in [3.8, 4) is 5.75 Å². The van der Waals surface area contributed by atoms with E-state index in [1.807, 2.05) is 13.8 Å². The van der Waals surface area contributed by atoms with Crippen LogP contribution in [-0.2, 0) is 17.8 Å². The Hall–Kier alpha value is -4.26. The van der Waals surface area contributed by atoms with Gasteiger partial charge in [0, 0.05) is 43.1 Å². The number of hydrogen-bond donors (Lipinski definition) is 2. The second-order valence-corrected chi connectivity index (χ2v) is 9.78. The van der Waals surface area contributed by atoms with E-state index in [1.165, 1.54) is 21.8 Å². The Bertz CT molecular complexity index is 1470. The first-order chi connectivity index (χ1) is 19.0. The lowest BCUT2D eigenvalue weighted by Gasteiger charge is -2.39. The average Bonchev–Trinajstić information content (AvgIpc) is 3.21. The molecule has 1 aromatic carbocycles. The third-order valence-corrected chi connectivity index (χ3v) is 6.54. The van der Waals surface area contributed by atoms with E-state index in [2.05, 4.69) is 10.5 Å². The molecule has 0 fully saturated rings. The van der Waals surface area contributed by atoms with Gasteiger partial charge in [0.1, 0.15) is 29.6 Å². The van der Waals surface area contributed by atoms with Gasteiger partial charge in [-0.05, 0) is 40.2 Å². The molecule has 0 aliphatic carbocycles. The smallest absolute Gasteiger partial charge is 0.277 e. The summed E-state index contributed by atoms with van der Waals surface area (Å²) in [7, 11) is 0. The van der Waals surface area contributed by atoms with Crippen LogP contribution >= 0.6 is 0 Å². The van der Waals surface area contributed by atoms with Crippen LogP contribution in [0.1, 0.15) is 63.7 Å². The molecule has 214 valence electrons. The highest BCUT2D eigenvalue weighted by Gasteiger charge is 2.35. The summed E-state index contributed by atoms with van der Waals surface area (Å²) in [6.45, 7) is 7.94. The van der Waals surface area contributed by atoms with Crippen LogP contribution in [-0.4, -0.2) is 57.6 Å². The second-order valence-electron chi connectivity index (χ2n) is 9.78. The third-order valence-electron chi connectivity index (χ3n) is 6.54. The number of aryl methyl sites for hydroxylation is 2. The monoisotopic (exact) mass is 559 g/mol. The number of nitrogens with zero attached hydrogens (tertiary/aromatic N) is 4. The summed E-state index contributed by atoms with van der Waals surface area (Å²) in [5.41, 5.74) is -0.451. The van der Waals surface area contributed by atoms with Crippen LogP contribution in [0.25, 0.3) is 0 Å². The van der Waals surface area contributed by atoms with Gasteiger partial charge in [-0.1, -0.05) is 11.2 Å². The lowest BCUT2D eigenvalue weighted by atomic mass is 10.1. The standard InChI is InChI=1S/C27H31F2N5O6/c1-15(2)39-9-5-8-32-14-33(12-20-16(3)31-40-17(20)4)34-13-21(24(35)25(36)23(34)27(32)38)26(37)30-11-18-6-7-19(28)10-22(18)29/h6-7,10,13,15,36H,5,8-9,11-12,14H2,1-4H3,(H,30,37). The largest absolute Gasteiger partial charge is 0.502 e. The number of halogens is 2. The molecule has 40 heavy (non-hydrogen) atoms. The summed E-state index contributed by atoms with van der Waals surface area (Å²) in [6, 6.07) is 2.90. The van der Waals surface area contributed by atoms with Gasteiger partial charge in [-0.15, -0.1) is 0 Å². The Labute approximate surface area is 228 Å². The lowest BCUT2D eigenvalue weighted by Crippen LogP contribution is -2.54. The van der Waals surface area contributed by atoms with Gasteiger partial charge in [-0.2, -0.15) is 0 Å². The Morgan fingerprint density at radius 3 is 2.65 bits per heavy atom. The van der Waals surface area contributed by atoms with Gasteiger partial charge < -0.3 is 24.6 Å². The number of hydrogen-bond acceptors (Lipinski definition) is 8. The Morgan fingerprint density at radius 2 is 2.00 bits per heavy atom. The molecule has 4 rings (SSSR count). The zero-order chi connectivity index (χ0) is 29.1. The van der Waals surface area contributed by atoms with Gasteiger partial charge in [0.2, 0.25) is 5.43 Å². The molecule has 0 atom stereocenters. The quantitative estimate of drug-likeness (QED) is 0.363. The molecule has 3 heterocycles. The Morgan fingerprint density at radius 1 is 1.25 bits per heavy atom. The van der Waals surface area contributed by atoms with E-state index < -0.39 is 40.2 Å². The molecule has 13 heteroatoms.